The smallest absolute Gasteiger partial charge is 0.190 e. The second-order valence-electron chi connectivity index (χ2n) is 9.72. The number of hydrogen-bond acceptors (Lipinski definition) is 2. The summed E-state index contributed by atoms with van der Waals surface area (Å²) in [7, 11) is 0. The largest absolute Gasteiger partial charge is 0.288 e. The molecule has 0 atom stereocenters. The van der Waals surface area contributed by atoms with Crippen LogP contribution in [0.25, 0.3) is 0 Å². The van der Waals surface area contributed by atoms with Crippen molar-refractivity contribution in [1.82, 2.24) is 0 Å². The average Bonchev–Trinajstić information content (AvgIpc) is 2.22. The minimum absolute atomic E-state index is 0.00171. The Morgan fingerprint density at radius 1 is 0.773 bits per heavy atom. The molecule has 0 rings (SSSR count). The Bertz CT molecular complexity index is 429. The Labute approximate surface area is 137 Å². The van der Waals surface area contributed by atoms with Crippen LogP contribution in [0.1, 0.15) is 89.0 Å². The van der Waals surface area contributed by atoms with E-state index in [9.17, 15) is 4.39 Å². The highest BCUT2D eigenvalue weighted by Gasteiger charge is 2.29. The molecule has 0 spiro atoms. The van der Waals surface area contributed by atoms with Crippen LogP contribution in [0.2, 0.25) is 0 Å². The van der Waals surface area contributed by atoms with Gasteiger partial charge in [-0.25, -0.2) is 0 Å². The van der Waals surface area contributed by atoms with Crippen molar-refractivity contribution in [2.45, 2.75) is 100 Å². The minimum atomic E-state index is -0.517. The molecule has 0 bridgehead atoms. The van der Waals surface area contributed by atoms with Gasteiger partial charge in [0.1, 0.15) is 0 Å². The van der Waals surface area contributed by atoms with E-state index >= 15 is 0 Å². The molecule has 0 saturated carbocycles. The van der Waals surface area contributed by atoms with Crippen molar-refractivity contribution in [1.29, 1.82) is 0 Å². The van der Waals surface area contributed by atoms with Gasteiger partial charge in [0, 0.05) is 16.5 Å². The van der Waals surface area contributed by atoms with Gasteiger partial charge in [-0.15, -0.1) is 0 Å². The van der Waals surface area contributed by atoms with Gasteiger partial charge < -0.3 is 0 Å². The van der Waals surface area contributed by atoms with Crippen LogP contribution in [0.4, 0.5) is 4.39 Å². The summed E-state index contributed by atoms with van der Waals surface area (Å²) < 4.78 is 14.1. The molecule has 0 aromatic rings. The lowest BCUT2D eigenvalue weighted by Gasteiger charge is -2.31. The molecule has 0 N–H and O–H groups in total. The van der Waals surface area contributed by atoms with Crippen LogP contribution in [0.5, 0.6) is 0 Å². The first kappa shape index (κ1) is 21.3. The van der Waals surface area contributed by atoms with Gasteiger partial charge in [0.05, 0.1) is 11.1 Å². The van der Waals surface area contributed by atoms with Crippen molar-refractivity contribution in [3.63, 3.8) is 0 Å². The summed E-state index contributed by atoms with van der Waals surface area (Å²) in [6.45, 7) is 22.4. The summed E-state index contributed by atoms with van der Waals surface area (Å²) in [5, 5.41) is 0. The quantitative estimate of drug-likeness (QED) is 0.536. The third kappa shape index (κ3) is 8.05. The first-order valence-electron chi connectivity index (χ1n) is 8.29. The van der Waals surface area contributed by atoms with Crippen molar-refractivity contribution >= 4 is 11.7 Å². The van der Waals surface area contributed by atoms with Crippen LogP contribution in [-0.4, -0.2) is 22.8 Å². The van der Waals surface area contributed by atoms with Gasteiger partial charge >= 0.3 is 0 Å². The Hall–Kier alpha value is -0.730. The second kappa shape index (κ2) is 6.80. The summed E-state index contributed by atoms with van der Waals surface area (Å²) in [5.74, 6) is -0.268. The van der Waals surface area contributed by atoms with Crippen LogP contribution in [0, 0.1) is 10.8 Å². The zero-order chi connectivity index (χ0) is 18.0. The predicted octanol–water partition coefficient (Wildman–Crippen LogP) is 6.24. The fourth-order valence-electron chi connectivity index (χ4n) is 1.94. The summed E-state index contributed by atoms with van der Waals surface area (Å²) in [5.41, 5.74) is 0.176. The molecular formula is C19H37FN2. The van der Waals surface area contributed by atoms with Crippen LogP contribution < -0.4 is 0 Å². The molecule has 130 valence electrons. The number of nitrogens with zero attached hydrogens (tertiary/aromatic N) is 2. The van der Waals surface area contributed by atoms with Crippen molar-refractivity contribution in [3.8, 4) is 0 Å². The van der Waals surface area contributed by atoms with Crippen molar-refractivity contribution < 1.29 is 4.39 Å². The molecule has 0 aromatic carbocycles. The van der Waals surface area contributed by atoms with E-state index in [0.29, 0.717) is 0 Å². The zero-order valence-corrected chi connectivity index (χ0v) is 16.7. The van der Waals surface area contributed by atoms with E-state index in [-0.39, 0.29) is 16.9 Å². The van der Waals surface area contributed by atoms with Gasteiger partial charge in [0.2, 0.25) is 0 Å². The highest BCUT2D eigenvalue weighted by atomic mass is 19.1. The molecule has 2 nitrogen and oxygen atoms in total. The molecular weight excluding hydrogens is 275 g/mol. The van der Waals surface area contributed by atoms with Gasteiger partial charge in [-0.05, 0) is 54.4 Å². The summed E-state index contributed by atoms with van der Waals surface area (Å²) in [4.78, 5) is 9.12. The number of hydrogen-bond donors (Lipinski definition) is 0. The molecule has 0 aliphatic heterocycles. The van der Waals surface area contributed by atoms with E-state index in [1.54, 1.807) is 0 Å². The van der Waals surface area contributed by atoms with E-state index in [4.69, 9.17) is 4.99 Å². The Kier molecular flexibility index (Phi) is 6.57. The number of rotatable bonds is 5. The molecule has 0 aliphatic rings. The highest BCUT2D eigenvalue weighted by molar-refractivity contribution is 5.87. The van der Waals surface area contributed by atoms with E-state index in [1.165, 1.54) is 0 Å². The zero-order valence-electron chi connectivity index (χ0n) is 16.7. The lowest BCUT2D eigenvalue weighted by atomic mass is 9.79. The van der Waals surface area contributed by atoms with Crippen LogP contribution in [0.3, 0.4) is 0 Å². The number of halogens is 1. The summed E-state index contributed by atoms with van der Waals surface area (Å²) >= 11 is 0. The first-order chi connectivity index (χ1) is 9.46. The van der Waals surface area contributed by atoms with E-state index in [0.717, 1.165) is 18.6 Å². The van der Waals surface area contributed by atoms with E-state index < -0.39 is 11.0 Å². The maximum absolute atomic E-state index is 14.1. The van der Waals surface area contributed by atoms with E-state index in [2.05, 4.69) is 46.5 Å². The third-order valence-corrected chi connectivity index (χ3v) is 3.86. The third-order valence-electron chi connectivity index (χ3n) is 3.86. The number of aliphatic imine (C=N–C) groups is 2. The van der Waals surface area contributed by atoms with Crippen LogP contribution in [0.15, 0.2) is 9.98 Å². The summed E-state index contributed by atoms with van der Waals surface area (Å²) in [6.07, 6.45) is 1.77. The Morgan fingerprint density at radius 3 is 1.59 bits per heavy atom. The molecule has 0 amide bonds. The van der Waals surface area contributed by atoms with Crippen molar-refractivity contribution in [2.75, 3.05) is 0 Å². The second-order valence-corrected chi connectivity index (χ2v) is 9.72. The molecule has 0 heterocycles. The van der Waals surface area contributed by atoms with E-state index in [1.807, 2.05) is 34.6 Å². The molecule has 0 saturated heterocycles. The molecule has 0 aromatic heterocycles. The summed E-state index contributed by atoms with van der Waals surface area (Å²) in [6, 6.07) is 0. The SMILES string of the molecule is C/C(=N/C(C)(C)C)C(C)(C)CCC(C)(C)/N=C(/F)C(C)(C)C. The standard InChI is InChI=1S/C19H37FN2/c1-14(21-17(5,6)7)18(8,9)12-13-19(10,11)22-15(20)16(2,3)4/h12-13H2,1-11H3/b21-14-,22-15+. The molecule has 0 radical (unpaired) electrons. The Balaban J connectivity index is 5.02. The maximum atomic E-state index is 14.1. The fourth-order valence-corrected chi connectivity index (χ4v) is 1.94. The molecule has 0 aliphatic carbocycles. The van der Waals surface area contributed by atoms with Crippen LogP contribution in [-0.2, 0) is 0 Å². The average molecular weight is 313 g/mol. The van der Waals surface area contributed by atoms with Gasteiger partial charge in [-0.3, -0.25) is 9.98 Å². The predicted molar refractivity (Wildman–Crippen MR) is 98.0 cm³/mol. The molecule has 22 heavy (non-hydrogen) atoms. The van der Waals surface area contributed by atoms with Crippen LogP contribution >= 0.6 is 0 Å². The van der Waals surface area contributed by atoms with Crippen molar-refractivity contribution in [2.24, 2.45) is 20.8 Å². The van der Waals surface area contributed by atoms with Crippen molar-refractivity contribution in [3.05, 3.63) is 0 Å². The van der Waals surface area contributed by atoms with Gasteiger partial charge in [0.15, 0.2) is 5.97 Å². The van der Waals surface area contributed by atoms with Gasteiger partial charge in [0.25, 0.3) is 0 Å². The fraction of sp³-hybridized carbons (Fsp3) is 0.895. The van der Waals surface area contributed by atoms with Gasteiger partial charge in [-0.1, -0.05) is 34.6 Å². The monoisotopic (exact) mass is 312 g/mol. The Morgan fingerprint density at radius 2 is 1.23 bits per heavy atom. The molecule has 0 fully saturated rings. The first-order valence-corrected chi connectivity index (χ1v) is 8.29. The maximum Gasteiger partial charge on any atom is 0.190 e. The topological polar surface area (TPSA) is 24.7 Å². The molecule has 0 unspecified atom stereocenters. The minimum Gasteiger partial charge on any atom is -0.288 e. The molecule has 3 heteroatoms. The normalized spacial score (nSPS) is 16.2. The highest BCUT2D eigenvalue weighted by Crippen LogP contribution is 2.32. The lowest BCUT2D eigenvalue weighted by Crippen LogP contribution is -2.30. The van der Waals surface area contributed by atoms with Gasteiger partial charge in [-0.2, -0.15) is 4.39 Å². The lowest BCUT2D eigenvalue weighted by molar-refractivity contribution is 0.361.